The van der Waals surface area contributed by atoms with E-state index in [0.29, 0.717) is 35.8 Å². The first-order valence-corrected chi connectivity index (χ1v) is 11.4. The maximum absolute atomic E-state index is 13.1. The Morgan fingerprint density at radius 3 is 2.72 bits per heavy atom. The molecule has 2 aromatic rings. The number of para-hydroxylation sites is 2. The number of hydrogen-bond donors (Lipinski definition) is 1. The van der Waals surface area contributed by atoms with Crippen LogP contribution in [0.5, 0.6) is 11.5 Å². The van der Waals surface area contributed by atoms with Gasteiger partial charge in [-0.3, -0.25) is 9.59 Å². The smallest absolute Gasteiger partial charge is 0.257 e. The molecule has 1 unspecified atom stereocenters. The van der Waals surface area contributed by atoms with Crippen LogP contribution >= 0.6 is 0 Å². The van der Waals surface area contributed by atoms with E-state index in [1.54, 1.807) is 19.2 Å². The van der Waals surface area contributed by atoms with Gasteiger partial charge in [0.25, 0.3) is 11.8 Å². The minimum Gasteiger partial charge on any atom is -0.493 e. The minimum absolute atomic E-state index is 0.0776. The van der Waals surface area contributed by atoms with Gasteiger partial charge in [0, 0.05) is 18.7 Å². The fraction of sp³-hybridized carbons (Fsp3) is 0.440. The molecular formula is C25H31N3O4. The lowest BCUT2D eigenvalue weighted by Crippen LogP contribution is -2.55. The lowest BCUT2D eigenvalue weighted by Gasteiger charge is -2.44. The molecule has 1 saturated heterocycles. The summed E-state index contributed by atoms with van der Waals surface area (Å²) in [6.07, 6.45) is 4.36. The summed E-state index contributed by atoms with van der Waals surface area (Å²) in [5, 5.41) is 2.91. The van der Waals surface area contributed by atoms with Crippen molar-refractivity contribution in [2.24, 2.45) is 0 Å². The molecule has 2 aromatic carbocycles. The zero-order valence-corrected chi connectivity index (χ0v) is 18.8. The zero-order chi connectivity index (χ0) is 22.5. The van der Waals surface area contributed by atoms with Gasteiger partial charge in [0.15, 0.2) is 11.5 Å². The van der Waals surface area contributed by atoms with E-state index in [-0.39, 0.29) is 18.0 Å². The van der Waals surface area contributed by atoms with Crippen LogP contribution in [0.1, 0.15) is 53.3 Å². The number of nitrogens with zero attached hydrogens (tertiary/aromatic N) is 2. The topological polar surface area (TPSA) is 71.1 Å². The molecule has 0 aliphatic carbocycles. The third-order valence-corrected chi connectivity index (χ3v) is 6.20. The summed E-state index contributed by atoms with van der Waals surface area (Å²) in [7, 11) is 1.60. The van der Waals surface area contributed by atoms with Gasteiger partial charge in [0.1, 0.15) is 12.8 Å². The van der Waals surface area contributed by atoms with Crippen LogP contribution in [0, 0.1) is 0 Å². The van der Waals surface area contributed by atoms with Gasteiger partial charge in [-0.05, 0) is 56.5 Å². The molecule has 0 spiro atoms. The first-order valence-electron chi connectivity index (χ1n) is 11.4. The summed E-state index contributed by atoms with van der Waals surface area (Å²) >= 11 is 0. The Hall–Kier alpha value is -3.22. The van der Waals surface area contributed by atoms with E-state index in [1.807, 2.05) is 35.2 Å². The van der Waals surface area contributed by atoms with E-state index < -0.39 is 0 Å². The highest BCUT2D eigenvalue weighted by Gasteiger charge is 2.37. The minimum atomic E-state index is -0.178. The second kappa shape index (κ2) is 9.94. The lowest BCUT2D eigenvalue weighted by atomic mass is 10.0. The van der Waals surface area contributed by atoms with Crippen molar-refractivity contribution in [1.29, 1.82) is 0 Å². The molecule has 2 heterocycles. The van der Waals surface area contributed by atoms with Crippen LogP contribution in [0.4, 0.5) is 5.69 Å². The van der Waals surface area contributed by atoms with Gasteiger partial charge >= 0.3 is 0 Å². The summed E-state index contributed by atoms with van der Waals surface area (Å²) in [6.45, 7) is 4.38. The molecular weight excluding hydrogens is 406 g/mol. The van der Waals surface area contributed by atoms with Crippen LogP contribution in [0.15, 0.2) is 42.5 Å². The summed E-state index contributed by atoms with van der Waals surface area (Å²) in [4.78, 5) is 30.2. The molecule has 32 heavy (non-hydrogen) atoms. The van der Waals surface area contributed by atoms with Gasteiger partial charge in [-0.15, -0.1) is 0 Å². The summed E-state index contributed by atoms with van der Waals surface area (Å²) in [6, 6.07) is 12.8. The number of rotatable bonds is 7. The van der Waals surface area contributed by atoms with E-state index in [4.69, 9.17) is 9.47 Å². The number of nitrogens with one attached hydrogen (secondary N) is 1. The number of hydrogen-bond acceptors (Lipinski definition) is 5. The Morgan fingerprint density at radius 2 is 1.94 bits per heavy atom. The van der Waals surface area contributed by atoms with E-state index in [9.17, 15) is 9.59 Å². The average Bonchev–Trinajstić information content (AvgIpc) is 3.08. The number of carbonyl (C=O) groups excluding carboxylic acids is 2. The largest absolute Gasteiger partial charge is 0.493 e. The van der Waals surface area contributed by atoms with Crippen molar-refractivity contribution in [3.63, 3.8) is 0 Å². The molecule has 0 radical (unpaired) electrons. The van der Waals surface area contributed by atoms with Gasteiger partial charge in [-0.2, -0.15) is 0 Å². The lowest BCUT2D eigenvalue weighted by molar-refractivity contribution is 0.0656. The molecule has 0 saturated carbocycles. The molecule has 1 fully saturated rings. The third kappa shape index (κ3) is 4.38. The molecule has 0 bridgehead atoms. The Bertz CT molecular complexity index is 977. The summed E-state index contributed by atoms with van der Waals surface area (Å²) in [5.41, 5.74) is 2.09. The van der Waals surface area contributed by atoms with Crippen molar-refractivity contribution in [2.75, 3.05) is 38.3 Å². The van der Waals surface area contributed by atoms with Crippen molar-refractivity contribution in [2.45, 2.75) is 38.8 Å². The van der Waals surface area contributed by atoms with Gasteiger partial charge in [-0.25, -0.2) is 0 Å². The Kier molecular flexibility index (Phi) is 6.83. The molecule has 1 N–H and O–H groups in total. The fourth-order valence-corrected chi connectivity index (χ4v) is 4.61. The molecule has 0 aromatic heterocycles. The molecule has 170 valence electrons. The highest BCUT2D eigenvalue weighted by molar-refractivity contribution is 6.04. The van der Waals surface area contributed by atoms with Crippen LogP contribution in [0.3, 0.4) is 0 Å². The van der Waals surface area contributed by atoms with Crippen LogP contribution < -0.4 is 19.7 Å². The van der Waals surface area contributed by atoms with Crippen molar-refractivity contribution in [3.05, 3.63) is 53.6 Å². The first kappa shape index (κ1) is 22.0. The van der Waals surface area contributed by atoms with Gasteiger partial charge < -0.3 is 24.6 Å². The predicted molar refractivity (Wildman–Crippen MR) is 124 cm³/mol. The highest BCUT2D eigenvalue weighted by atomic mass is 16.5. The van der Waals surface area contributed by atoms with Gasteiger partial charge in [0.2, 0.25) is 0 Å². The van der Waals surface area contributed by atoms with Crippen LogP contribution in [0.2, 0.25) is 0 Å². The Labute approximate surface area is 189 Å². The highest BCUT2D eigenvalue weighted by Crippen LogP contribution is 2.35. The van der Waals surface area contributed by atoms with Gasteiger partial charge in [0.05, 0.1) is 24.9 Å². The maximum atomic E-state index is 13.1. The second-order valence-corrected chi connectivity index (χ2v) is 8.10. The van der Waals surface area contributed by atoms with Crippen molar-refractivity contribution < 1.29 is 19.1 Å². The van der Waals surface area contributed by atoms with Crippen LogP contribution in [-0.4, -0.2) is 56.2 Å². The molecule has 1 atom stereocenters. The number of anilines is 1. The van der Waals surface area contributed by atoms with E-state index >= 15 is 0 Å². The predicted octanol–water partition coefficient (Wildman–Crippen LogP) is 3.69. The summed E-state index contributed by atoms with van der Waals surface area (Å²) in [5.74, 6) is 1.20. The van der Waals surface area contributed by atoms with E-state index in [1.165, 1.54) is 0 Å². The van der Waals surface area contributed by atoms with Crippen molar-refractivity contribution in [3.8, 4) is 11.5 Å². The number of amides is 2. The van der Waals surface area contributed by atoms with Crippen LogP contribution in [0.25, 0.3) is 0 Å². The fourth-order valence-electron chi connectivity index (χ4n) is 4.61. The monoisotopic (exact) mass is 437 g/mol. The Balaban J connectivity index is 1.43. The molecule has 7 heteroatoms. The quantitative estimate of drug-likeness (QED) is 0.669. The third-order valence-electron chi connectivity index (χ3n) is 6.20. The molecule has 2 aliphatic rings. The van der Waals surface area contributed by atoms with E-state index in [0.717, 1.165) is 44.5 Å². The molecule has 2 aliphatic heterocycles. The first-order chi connectivity index (χ1) is 15.6. The summed E-state index contributed by atoms with van der Waals surface area (Å²) < 4.78 is 11.0. The molecule has 4 rings (SSSR count). The Morgan fingerprint density at radius 1 is 1.12 bits per heavy atom. The second-order valence-electron chi connectivity index (χ2n) is 8.10. The van der Waals surface area contributed by atoms with Gasteiger partial charge in [-0.1, -0.05) is 18.6 Å². The maximum Gasteiger partial charge on any atom is 0.257 e. The van der Waals surface area contributed by atoms with E-state index in [2.05, 4.69) is 17.1 Å². The molecule has 2 amide bonds. The van der Waals surface area contributed by atoms with Crippen LogP contribution in [-0.2, 0) is 0 Å². The average molecular weight is 438 g/mol. The number of benzene rings is 2. The van der Waals surface area contributed by atoms with Crippen molar-refractivity contribution in [1.82, 2.24) is 10.2 Å². The normalized spacial score (nSPS) is 17.8. The number of fused-ring (bicyclic) bond motifs is 2. The number of methoxy groups -OCH3 is 1. The number of carbonyl (C=O) groups is 2. The standard InChI is InChI=1S/C25H31N3O4/c1-3-27-20-17-18(12-13-19(20)25(30)28-15-8-4-5-11-23(27)28)24(29)26-14-16-32-22-10-7-6-9-21(22)31-2/h6-7,9-10,12-13,17,23H,3-5,8,11,14-16H2,1-2H3,(H,26,29). The van der Waals surface area contributed by atoms with Crippen molar-refractivity contribution >= 4 is 17.5 Å². The number of ether oxygens (including phenoxy) is 2. The SMILES string of the molecule is CCN1c2cc(C(=O)NCCOc3ccccc3OC)ccc2C(=O)N2CCCCCC21. The zero-order valence-electron chi connectivity index (χ0n) is 18.8. The molecule has 7 nitrogen and oxygen atoms in total.